The van der Waals surface area contributed by atoms with E-state index in [2.05, 4.69) is 6.92 Å². The zero-order valence-electron chi connectivity index (χ0n) is 17.6. The molecule has 0 amide bonds. The van der Waals surface area contributed by atoms with Crippen molar-refractivity contribution in [2.45, 2.75) is 69.7 Å². The molecule has 1 heterocycles. The number of Topliss-reactive ketones (excluding diaryl/α,β-unsaturated/α-hetero) is 1. The molecule has 5 heteroatoms. The first-order chi connectivity index (χ1) is 13.9. The summed E-state index contributed by atoms with van der Waals surface area (Å²) in [6.07, 6.45) is 7.28. The third-order valence-corrected chi connectivity index (χ3v) is 10.5. The number of nitrogens with zero attached hydrogens (tertiary/aromatic N) is 1. The van der Waals surface area contributed by atoms with Crippen molar-refractivity contribution in [3.8, 4) is 0 Å². The lowest BCUT2D eigenvalue weighted by molar-refractivity contribution is -0.129. The van der Waals surface area contributed by atoms with E-state index in [1.54, 1.807) is 16.4 Å². The third kappa shape index (κ3) is 3.11. The number of fused-ring (bicyclic) bond motifs is 5. The number of hydrogen-bond donors (Lipinski definition) is 0. The summed E-state index contributed by atoms with van der Waals surface area (Å²) in [5, 5.41) is 0. The van der Waals surface area contributed by atoms with E-state index in [1.165, 1.54) is 19.3 Å². The van der Waals surface area contributed by atoms with Gasteiger partial charge in [0.2, 0.25) is 10.0 Å². The van der Waals surface area contributed by atoms with E-state index in [4.69, 9.17) is 0 Å². The van der Waals surface area contributed by atoms with Crippen LogP contribution in [-0.4, -0.2) is 31.1 Å². The Kier molecular flexibility index (Phi) is 4.90. The molecule has 4 fully saturated rings. The first-order valence-electron chi connectivity index (χ1n) is 11.5. The number of benzene rings is 1. The molecule has 1 unspecified atom stereocenters. The molecule has 4 aliphatic rings. The van der Waals surface area contributed by atoms with Gasteiger partial charge in [0.25, 0.3) is 0 Å². The van der Waals surface area contributed by atoms with Crippen LogP contribution >= 0.6 is 0 Å². The molecule has 1 aromatic rings. The Morgan fingerprint density at radius 2 is 1.72 bits per heavy atom. The van der Waals surface area contributed by atoms with Crippen LogP contribution in [0.5, 0.6) is 0 Å². The molecular formula is C24H33NO3S. The monoisotopic (exact) mass is 415 g/mol. The topological polar surface area (TPSA) is 54.5 Å². The summed E-state index contributed by atoms with van der Waals surface area (Å²) in [7, 11) is -3.61. The van der Waals surface area contributed by atoms with Gasteiger partial charge in [-0.15, -0.1) is 0 Å². The molecule has 29 heavy (non-hydrogen) atoms. The van der Waals surface area contributed by atoms with Crippen LogP contribution in [-0.2, 0) is 14.8 Å². The summed E-state index contributed by atoms with van der Waals surface area (Å²) in [6.45, 7) is 4.84. The van der Waals surface area contributed by atoms with E-state index in [0.717, 1.165) is 30.7 Å². The Hall–Kier alpha value is -1.20. The van der Waals surface area contributed by atoms with E-state index in [9.17, 15) is 13.2 Å². The molecule has 1 saturated heterocycles. The van der Waals surface area contributed by atoms with Crippen LogP contribution in [0.25, 0.3) is 0 Å². The van der Waals surface area contributed by atoms with Crippen LogP contribution < -0.4 is 0 Å². The molecule has 5 rings (SSSR count). The van der Waals surface area contributed by atoms with Crippen molar-refractivity contribution in [3.63, 3.8) is 0 Å². The van der Waals surface area contributed by atoms with Gasteiger partial charge >= 0.3 is 0 Å². The van der Waals surface area contributed by atoms with Gasteiger partial charge in [-0.05, 0) is 80.8 Å². The fraction of sp³-hybridized carbons (Fsp3) is 0.708. The number of aryl methyl sites for hydroxylation is 1. The molecule has 3 saturated carbocycles. The van der Waals surface area contributed by atoms with Gasteiger partial charge in [-0.3, -0.25) is 4.79 Å². The second kappa shape index (κ2) is 7.19. The second-order valence-corrected chi connectivity index (χ2v) is 12.0. The van der Waals surface area contributed by atoms with Crippen LogP contribution in [0.4, 0.5) is 0 Å². The van der Waals surface area contributed by atoms with Gasteiger partial charge in [0, 0.05) is 24.9 Å². The summed E-state index contributed by atoms with van der Waals surface area (Å²) >= 11 is 0. The summed E-state index contributed by atoms with van der Waals surface area (Å²) in [5.74, 6) is 2.91. The van der Waals surface area contributed by atoms with Gasteiger partial charge < -0.3 is 0 Å². The summed E-state index contributed by atoms with van der Waals surface area (Å²) in [5.41, 5.74) is 1.06. The minimum Gasteiger partial charge on any atom is -0.299 e. The average molecular weight is 416 g/mol. The molecule has 2 bridgehead atoms. The molecule has 3 aliphatic carbocycles. The second-order valence-electron chi connectivity index (χ2n) is 10.1. The highest BCUT2D eigenvalue weighted by Gasteiger charge is 2.58. The average Bonchev–Trinajstić information content (AvgIpc) is 3.31. The maximum atomic E-state index is 13.8. The molecule has 0 spiro atoms. The maximum absolute atomic E-state index is 13.8. The number of carbonyl (C=O) groups excluding carboxylic acids is 1. The van der Waals surface area contributed by atoms with Gasteiger partial charge in [-0.25, -0.2) is 8.42 Å². The first-order valence-corrected chi connectivity index (χ1v) is 12.9. The highest BCUT2D eigenvalue weighted by atomic mass is 32.2. The fourth-order valence-electron chi connectivity index (χ4n) is 7.41. The van der Waals surface area contributed by atoms with Crippen molar-refractivity contribution in [1.29, 1.82) is 0 Å². The van der Waals surface area contributed by atoms with Crippen LogP contribution in [0.1, 0.15) is 57.4 Å². The normalized spacial score (nSPS) is 40.2. The number of piperidine rings is 1. The predicted octanol–water partition coefficient (Wildman–Crippen LogP) is 4.43. The lowest BCUT2D eigenvalue weighted by atomic mass is 9.64. The minimum atomic E-state index is -3.61. The predicted molar refractivity (Wildman–Crippen MR) is 113 cm³/mol. The Morgan fingerprint density at radius 1 is 1.00 bits per heavy atom. The Labute approximate surface area is 175 Å². The molecule has 1 aromatic carbocycles. The van der Waals surface area contributed by atoms with Gasteiger partial charge in [0.05, 0.1) is 4.90 Å². The smallest absolute Gasteiger partial charge is 0.243 e. The van der Waals surface area contributed by atoms with Crippen molar-refractivity contribution in [1.82, 2.24) is 4.31 Å². The molecule has 0 radical (unpaired) electrons. The fourth-order valence-corrected chi connectivity index (χ4v) is 9.19. The summed E-state index contributed by atoms with van der Waals surface area (Å²) in [4.78, 5) is 13.3. The largest absolute Gasteiger partial charge is 0.299 e. The van der Waals surface area contributed by atoms with E-state index in [-0.39, 0.29) is 17.9 Å². The molecule has 1 aliphatic heterocycles. The molecule has 0 aromatic heterocycles. The Balaban J connectivity index is 1.56. The summed E-state index contributed by atoms with van der Waals surface area (Å²) in [6, 6.07) is 7.06. The number of carbonyl (C=O) groups is 1. The molecule has 0 N–H and O–H groups in total. The van der Waals surface area contributed by atoms with Crippen LogP contribution in [0, 0.1) is 42.4 Å². The number of ketones is 1. The van der Waals surface area contributed by atoms with Crippen LogP contribution in [0.15, 0.2) is 29.2 Å². The zero-order chi connectivity index (χ0) is 20.3. The zero-order valence-corrected chi connectivity index (χ0v) is 18.4. The van der Waals surface area contributed by atoms with Gasteiger partial charge in [0.15, 0.2) is 0 Å². The van der Waals surface area contributed by atoms with E-state index in [0.29, 0.717) is 41.4 Å². The highest BCUT2D eigenvalue weighted by molar-refractivity contribution is 7.89. The van der Waals surface area contributed by atoms with Crippen molar-refractivity contribution in [3.05, 3.63) is 29.8 Å². The standard InChI is InChI=1S/C24H33NO3S/c1-15-7-11-19(12-8-15)29(27,28)25-14-21-17-9-10-18(13-17)23(21)16(2)24(25)20-5-3-4-6-22(20)26/h7-8,11-12,16-18,20-21,23-24H,3-6,9-10,13-14H2,1-2H3/t16-,17+,18-,20?,21-,23+,24-/m1/s1. The SMILES string of the molecule is Cc1ccc(S(=O)(=O)N2C[C@@H]3[C@H]4CC[C@H](C4)[C@@H]3[C@@H](C)[C@@H]2C2CCCCC2=O)cc1. The van der Waals surface area contributed by atoms with Crippen LogP contribution in [0.3, 0.4) is 0 Å². The van der Waals surface area contributed by atoms with E-state index in [1.807, 2.05) is 19.1 Å². The van der Waals surface area contributed by atoms with Crippen molar-refractivity contribution < 1.29 is 13.2 Å². The highest BCUT2D eigenvalue weighted by Crippen LogP contribution is 2.59. The lowest BCUT2D eigenvalue weighted by Crippen LogP contribution is -2.59. The Morgan fingerprint density at radius 3 is 2.45 bits per heavy atom. The minimum absolute atomic E-state index is 0.126. The molecular weight excluding hydrogens is 382 g/mol. The van der Waals surface area contributed by atoms with E-state index >= 15 is 0 Å². The van der Waals surface area contributed by atoms with Gasteiger partial charge in [0.1, 0.15) is 5.78 Å². The van der Waals surface area contributed by atoms with Crippen molar-refractivity contribution in [2.24, 2.45) is 35.5 Å². The van der Waals surface area contributed by atoms with Gasteiger partial charge in [-0.1, -0.05) is 31.0 Å². The number of sulfonamides is 1. The first kappa shape index (κ1) is 19.7. The summed E-state index contributed by atoms with van der Waals surface area (Å²) < 4.78 is 29.4. The number of rotatable bonds is 3. The van der Waals surface area contributed by atoms with Crippen molar-refractivity contribution in [2.75, 3.05) is 6.54 Å². The maximum Gasteiger partial charge on any atom is 0.243 e. The quantitative estimate of drug-likeness (QED) is 0.734. The Bertz CT molecular complexity index is 893. The van der Waals surface area contributed by atoms with Crippen molar-refractivity contribution >= 4 is 15.8 Å². The van der Waals surface area contributed by atoms with Gasteiger partial charge in [-0.2, -0.15) is 4.31 Å². The third-order valence-electron chi connectivity index (χ3n) is 8.67. The number of hydrogen-bond acceptors (Lipinski definition) is 3. The molecule has 7 atom stereocenters. The lowest BCUT2D eigenvalue weighted by Gasteiger charge is -2.52. The molecule has 4 nitrogen and oxygen atoms in total. The van der Waals surface area contributed by atoms with E-state index < -0.39 is 10.0 Å². The van der Waals surface area contributed by atoms with Crippen LogP contribution in [0.2, 0.25) is 0 Å². The molecule has 158 valence electrons.